The van der Waals surface area contributed by atoms with Crippen LogP contribution in [0.15, 0.2) is 30.3 Å². The lowest BCUT2D eigenvalue weighted by molar-refractivity contribution is -0.128. The summed E-state index contributed by atoms with van der Waals surface area (Å²) in [7, 11) is -3.24. The summed E-state index contributed by atoms with van der Waals surface area (Å²) in [5.74, 6) is 0.198. The Kier molecular flexibility index (Phi) is 4.73. The first-order chi connectivity index (χ1) is 11.0. The maximum atomic E-state index is 12.8. The van der Waals surface area contributed by atoms with Gasteiger partial charge in [0.1, 0.15) is 0 Å². The van der Waals surface area contributed by atoms with Crippen molar-refractivity contribution in [3.05, 3.63) is 35.9 Å². The number of carbonyl (C=O) groups is 1. The molecule has 2 fully saturated rings. The van der Waals surface area contributed by atoms with E-state index in [-0.39, 0.29) is 17.1 Å². The average molecular weight is 336 g/mol. The SMILES string of the molecule is CC(=O)N1CC[C@@H]2CN(CCc3ccccc3)S(=O)(=O)[C@@H]2CC1. The lowest BCUT2D eigenvalue weighted by Gasteiger charge is -2.20. The fourth-order valence-corrected chi connectivity index (χ4v) is 5.97. The molecule has 23 heavy (non-hydrogen) atoms. The molecule has 0 radical (unpaired) electrons. The van der Waals surface area contributed by atoms with Gasteiger partial charge in [-0.25, -0.2) is 12.7 Å². The van der Waals surface area contributed by atoms with Crippen LogP contribution in [-0.4, -0.2) is 55.0 Å². The normalized spacial score (nSPS) is 27.4. The predicted molar refractivity (Wildman–Crippen MR) is 89.4 cm³/mol. The standard InChI is InChI=1S/C17H24N2O3S/c1-14(20)18-10-8-16-13-19(23(21,22)17(16)9-11-18)12-7-15-5-3-2-4-6-15/h2-6,16-17H,7-13H2,1H3/t16-,17-/m1/s1. The number of carbonyl (C=O) groups excluding carboxylic acids is 1. The molecule has 0 unspecified atom stereocenters. The van der Waals surface area contributed by atoms with Crippen LogP contribution in [0.25, 0.3) is 0 Å². The average Bonchev–Trinajstić information content (AvgIpc) is 2.68. The molecule has 0 spiro atoms. The minimum Gasteiger partial charge on any atom is -0.343 e. The third kappa shape index (κ3) is 3.43. The Balaban J connectivity index is 1.66. The summed E-state index contributed by atoms with van der Waals surface area (Å²) in [6, 6.07) is 9.99. The molecule has 5 nitrogen and oxygen atoms in total. The summed E-state index contributed by atoms with van der Waals surface area (Å²) in [6.45, 7) is 3.95. The van der Waals surface area contributed by atoms with Crippen LogP contribution >= 0.6 is 0 Å². The Morgan fingerprint density at radius 3 is 2.57 bits per heavy atom. The highest BCUT2D eigenvalue weighted by Crippen LogP contribution is 2.34. The fraction of sp³-hybridized carbons (Fsp3) is 0.588. The van der Waals surface area contributed by atoms with Gasteiger partial charge in [0.2, 0.25) is 15.9 Å². The van der Waals surface area contributed by atoms with Crippen LogP contribution in [0.5, 0.6) is 0 Å². The van der Waals surface area contributed by atoms with Gasteiger partial charge in [-0.05, 0) is 30.7 Å². The van der Waals surface area contributed by atoms with E-state index in [1.54, 1.807) is 16.1 Å². The number of likely N-dealkylation sites (tertiary alicyclic amines) is 1. The Labute approximate surface area is 138 Å². The zero-order valence-electron chi connectivity index (χ0n) is 13.5. The maximum absolute atomic E-state index is 12.8. The maximum Gasteiger partial charge on any atom is 0.219 e. The van der Waals surface area contributed by atoms with Crippen molar-refractivity contribution >= 4 is 15.9 Å². The summed E-state index contributed by atoms with van der Waals surface area (Å²) in [4.78, 5) is 13.3. The van der Waals surface area contributed by atoms with Crippen LogP contribution in [0.3, 0.4) is 0 Å². The number of hydrogen-bond donors (Lipinski definition) is 0. The van der Waals surface area contributed by atoms with Gasteiger partial charge >= 0.3 is 0 Å². The monoisotopic (exact) mass is 336 g/mol. The Morgan fingerprint density at radius 2 is 1.87 bits per heavy atom. The van der Waals surface area contributed by atoms with E-state index in [1.807, 2.05) is 30.3 Å². The van der Waals surface area contributed by atoms with Gasteiger partial charge < -0.3 is 4.90 Å². The fourth-order valence-electron chi connectivity index (χ4n) is 3.73. The van der Waals surface area contributed by atoms with Crippen LogP contribution in [0.1, 0.15) is 25.3 Å². The number of amides is 1. The first-order valence-corrected chi connectivity index (χ1v) is 9.77. The van der Waals surface area contributed by atoms with Crippen molar-refractivity contribution < 1.29 is 13.2 Å². The molecule has 1 amide bonds. The highest BCUT2D eigenvalue weighted by Gasteiger charge is 2.46. The lowest BCUT2D eigenvalue weighted by Crippen LogP contribution is -2.34. The van der Waals surface area contributed by atoms with E-state index >= 15 is 0 Å². The molecule has 1 aromatic carbocycles. The van der Waals surface area contributed by atoms with Crippen molar-refractivity contribution in [2.24, 2.45) is 5.92 Å². The van der Waals surface area contributed by atoms with E-state index in [4.69, 9.17) is 0 Å². The number of fused-ring (bicyclic) bond motifs is 1. The first-order valence-electron chi connectivity index (χ1n) is 8.27. The second kappa shape index (κ2) is 6.61. The van der Waals surface area contributed by atoms with Crippen LogP contribution in [0.2, 0.25) is 0 Å². The van der Waals surface area contributed by atoms with Gasteiger partial charge in [0, 0.05) is 33.1 Å². The van der Waals surface area contributed by atoms with Crippen molar-refractivity contribution in [3.8, 4) is 0 Å². The van der Waals surface area contributed by atoms with Crippen molar-refractivity contribution in [2.45, 2.75) is 31.4 Å². The highest BCUT2D eigenvalue weighted by molar-refractivity contribution is 7.90. The van der Waals surface area contributed by atoms with Gasteiger partial charge in [-0.1, -0.05) is 30.3 Å². The van der Waals surface area contributed by atoms with E-state index in [0.29, 0.717) is 32.6 Å². The molecule has 3 rings (SSSR count). The van der Waals surface area contributed by atoms with Crippen LogP contribution in [0.4, 0.5) is 0 Å². The molecule has 2 atom stereocenters. The largest absolute Gasteiger partial charge is 0.343 e. The molecule has 0 aromatic heterocycles. The van der Waals surface area contributed by atoms with E-state index in [1.165, 1.54) is 0 Å². The summed E-state index contributed by atoms with van der Waals surface area (Å²) in [5, 5.41) is -0.317. The number of benzene rings is 1. The van der Waals surface area contributed by atoms with Gasteiger partial charge in [-0.2, -0.15) is 0 Å². The van der Waals surface area contributed by atoms with Crippen molar-refractivity contribution in [1.29, 1.82) is 0 Å². The van der Waals surface area contributed by atoms with Crippen LogP contribution in [-0.2, 0) is 21.2 Å². The third-order valence-corrected chi connectivity index (χ3v) is 7.53. The quantitative estimate of drug-likeness (QED) is 0.840. The van der Waals surface area contributed by atoms with Crippen molar-refractivity contribution in [1.82, 2.24) is 9.21 Å². The molecule has 2 saturated heterocycles. The molecule has 0 saturated carbocycles. The van der Waals surface area contributed by atoms with Crippen LogP contribution < -0.4 is 0 Å². The molecule has 6 heteroatoms. The molecule has 2 aliphatic heterocycles. The van der Waals surface area contributed by atoms with E-state index in [2.05, 4.69) is 0 Å². The molecule has 2 heterocycles. The number of nitrogens with zero attached hydrogens (tertiary/aromatic N) is 2. The summed E-state index contributed by atoms with van der Waals surface area (Å²) in [6.07, 6.45) is 2.10. The van der Waals surface area contributed by atoms with Crippen molar-refractivity contribution in [3.63, 3.8) is 0 Å². The van der Waals surface area contributed by atoms with E-state index in [0.717, 1.165) is 18.4 Å². The van der Waals surface area contributed by atoms with Gasteiger partial charge in [-0.15, -0.1) is 0 Å². The Hall–Kier alpha value is -1.40. The molecule has 0 aliphatic carbocycles. The second-order valence-electron chi connectivity index (χ2n) is 6.52. The summed E-state index contributed by atoms with van der Waals surface area (Å²) >= 11 is 0. The van der Waals surface area contributed by atoms with Crippen LogP contribution in [0, 0.1) is 5.92 Å². The topological polar surface area (TPSA) is 57.7 Å². The predicted octanol–water partition coefficient (Wildman–Crippen LogP) is 1.50. The van der Waals surface area contributed by atoms with Gasteiger partial charge in [0.15, 0.2) is 0 Å². The van der Waals surface area contributed by atoms with Gasteiger partial charge in [0.05, 0.1) is 5.25 Å². The third-order valence-electron chi connectivity index (χ3n) is 5.10. The summed E-state index contributed by atoms with van der Waals surface area (Å²) < 4.78 is 27.3. The van der Waals surface area contributed by atoms with E-state index < -0.39 is 10.0 Å². The molecule has 1 aromatic rings. The number of hydrogen-bond acceptors (Lipinski definition) is 3. The molecule has 126 valence electrons. The minimum atomic E-state index is -3.24. The molecule has 0 bridgehead atoms. The number of sulfonamides is 1. The second-order valence-corrected chi connectivity index (χ2v) is 8.67. The summed E-state index contributed by atoms with van der Waals surface area (Å²) in [5.41, 5.74) is 1.16. The zero-order chi connectivity index (χ0) is 16.4. The lowest BCUT2D eigenvalue weighted by atomic mass is 10.0. The Morgan fingerprint density at radius 1 is 1.17 bits per heavy atom. The van der Waals surface area contributed by atoms with Gasteiger partial charge in [0.25, 0.3) is 0 Å². The smallest absolute Gasteiger partial charge is 0.219 e. The molecular formula is C17H24N2O3S. The zero-order valence-corrected chi connectivity index (χ0v) is 14.3. The highest BCUT2D eigenvalue weighted by atomic mass is 32.2. The number of rotatable bonds is 3. The van der Waals surface area contributed by atoms with Crippen molar-refractivity contribution in [2.75, 3.05) is 26.2 Å². The first kappa shape index (κ1) is 16.5. The Bertz CT molecular complexity index is 660. The van der Waals surface area contributed by atoms with E-state index in [9.17, 15) is 13.2 Å². The molecular weight excluding hydrogens is 312 g/mol. The molecule has 2 aliphatic rings. The molecule has 0 N–H and O–H groups in total. The minimum absolute atomic E-state index is 0.0447. The van der Waals surface area contributed by atoms with Gasteiger partial charge in [-0.3, -0.25) is 4.79 Å².